The number of hydrogen-bond donors (Lipinski definition) is 0. The Hall–Kier alpha value is -2.48. The second-order valence-electron chi connectivity index (χ2n) is 5.45. The third kappa shape index (κ3) is 3.22. The summed E-state index contributed by atoms with van der Waals surface area (Å²) in [6, 6.07) is 22.6. The summed E-state index contributed by atoms with van der Waals surface area (Å²) in [5.41, 5.74) is 1.31. The van der Waals surface area contributed by atoms with E-state index in [4.69, 9.17) is 9.47 Å². The minimum absolute atomic E-state index is 0.0953. The molecule has 3 aromatic rings. The topological polar surface area (TPSA) is 18.5 Å². The van der Waals surface area contributed by atoms with E-state index in [2.05, 4.69) is 49.4 Å². The number of hydrogen-bond acceptors (Lipinski definition) is 2. The lowest BCUT2D eigenvalue weighted by molar-refractivity contribution is 0.221. The average Bonchev–Trinajstić information content (AvgIpc) is 2.55. The van der Waals surface area contributed by atoms with Crippen molar-refractivity contribution in [1.29, 1.82) is 0 Å². The van der Waals surface area contributed by atoms with E-state index in [-0.39, 0.29) is 6.10 Å². The Morgan fingerprint density at radius 2 is 1.59 bits per heavy atom. The molecule has 0 aliphatic carbocycles. The molecule has 0 aromatic heterocycles. The van der Waals surface area contributed by atoms with Crippen molar-refractivity contribution in [2.75, 3.05) is 7.11 Å². The summed E-state index contributed by atoms with van der Waals surface area (Å²) in [7, 11) is 1.67. The molecule has 0 aliphatic rings. The first kappa shape index (κ1) is 14.5. The summed E-state index contributed by atoms with van der Waals surface area (Å²) >= 11 is 0. The van der Waals surface area contributed by atoms with Gasteiger partial charge in [0.05, 0.1) is 13.2 Å². The zero-order chi connectivity index (χ0) is 15.4. The van der Waals surface area contributed by atoms with E-state index in [0.717, 1.165) is 17.9 Å². The van der Waals surface area contributed by atoms with Crippen LogP contribution >= 0.6 is 0 Å². The Labute approximate surface area is 131 Å². The third-order valence-electron chi connectivity index (χ3n) is 3.77. The van der Waals surface area contributed by atoms with Crippen LogP contribution in [0.3, 0.4) is 0 Å². The molecule has 22 heavy (non-hydrogen) atoms. The van der Waals surface area contributed by atoms with Gasteiger partial charge in [-0.25, -0.2) is 0 Å². The molecule has 0 radical (unpaired) electrons. The van der Waals surface area contributed by atoms with E-state index in [1.807, 2.05) is 24.3 Å². The highest BCUT2D eigenvalue weighted by atomic mass is 16.5. The first-order valence-corrected chi connectivity index (χ1v) is 7.53. The van der Waals surface area contributed by atoms with Crippen LogP contribution in [0.15, 0.2) is 66.7 Å². The minimum atomic E-state index is 0.0953. The summed E-state index contributed by atoms with van der Waals surface area (Å²) in [6.45, 7) is 2.10. The Kier molecular flexibility index (Phi) is 4.29. The Balaban J connectivity index is 1.77. The molecule has 0 heterocycles. The number of rotatable bonds is 5. The van der Waals surface area contributed by atoms with Crippen molar-refractivity contribution in [2.45, 2.75) is 19.4 Å². The van der Waals surface area contributed by atoms with Crippen LogP contribution in [0.25, 0.3) is 10.8 Å². The van der Waals surface area contributed by atoms with Crippen LogP contribution in [0.5, 0.6) is 11.5 Å². The standard InChI is InChI=1S/C20H20O2/c1-15(22-19-11-6-10-18(14-19)21-2)13-17-9-5-8-16-7-3-4-12-20(16)17/h3-12,14-15H,13H2,1-2H3. The molecule has 0 fully saturated rings. The molecule has 1 atom stereocenters. The molecule has 3 aromatic carbocycles. The minimum Gasteiger partial charge on any atom is -0.497 e. The highest BCUT2D eigenvalue weighted by molar-refractivity contribution is 5.85. The molecule has 2 heteroatoms. The highest BCUT2D eigenvalue weighted by Crippen LogP contribution is 2.23. The van der Waals surface area contributed by atoms with Gasteiger partial charge in [0.15, 0.2) is 0 Å². The number of benzene rings is 3. The SMILES string of the molecule is COc1cccc(OC(C)Cc2cccc3ccccc23)c1. The monoisotopic (exact) mass is 292 g/mol. The molecular weight excluding hydrogens is 272 g/mol. The predicted molar refractivity (Wildman–Crippen MR) is 90.7 cm³/mol. The Bertz CT molecular complexity index is 759. The molecule has 0 bridgehead atoms. The van der Waals surface area contributed by atoms with Crippen molar-refractivity contribution in [3.05, 3.63) is 72.3 Å². The van der Waals surface area contributed by atoms with Gasteiger partial charge >= 0.3 is 0 Å². The molecule has 112 valence electrons. The maximum absolute atomic E-state index is 6.03. The van der Waals surface area contributed by atoms with Crippen LogP contribution in [-0.2, 0) is 6.42 Å². The fourth-order valence-electron chi connectivity index (χ4n) is 2.73. The highest BCUT2D eigenvalue weighted by Gasteiger charge is 2.09. The first-order chi connectivity index (χ1) is 10.8. The van der Waals surface area contributed by atoms with Crippen molar-refractivity contribution in [1.82, 2.24) is 0 Å². The van der Waals surface area contributed by atoms with Gasteiger partial charge in [0.25, 0.3) is 0 Å². The molecule has 0 amide bonds. The maximum Gasteiger partial charge on any atom is 0.123 e. The zero-order valence-corrected chi connectivity index (χ0v) is 13.0. The molecule has 0 aliphatic heterocycles. The Morgan fingerprint density at radius 3 is 2.45 bits per heavy atom. The summed E-state index contributed by atoms with van der Waals surface area (Å²) < 4.78 is 11.3. The van der Waals surface area contributed by atoms with Crippen LogP contribution in [0, 0.1) is 0 Å². The van der Waals surface area contributed by atoms with E-state index in [0.29, 0.717) is 0 Å². The molecule has 0 saturated carbocycles. The van der Waals surface area contributed by atoms with E-state index in [1.54, 1.807) is 7.11 Å². The maximum atomic E-state index is 6.03. The van der Waals surface area contributed by atoms with E-state index in [1.165, 1.54) is 16.3 Å². The summed E-state index contributed by atoms with van der Waals surface area (Å²) in [5, 5.41) is 2.57. The zero-order valence-electron chi connectivity index (χ0n) is 13.0. The second kappa shape index (κ2) is 6.52. The second-order valence-corrected chi connectivity index (χ2v) is 5.45. The molecular formula is C20H20O2. The number of ether oxygens (including phenoxy) is 2. The van der Waals surface area contributed by atoms with Crippen molar-refractivity contribution < 1.29 is 9.47 Å². The number of fused-ring (bicyclic) bond motifs is 1. The van der Waals surface area contributed by atoms with Gasteiger partial charge in [0, 0.05) is 12.5 Å². The van der Waals surface area contributed by atoms with Crippen molar-refractivity contribution in [3.63, 3.8) is 0 Å². The summed E-state index contributed by atoms with van der Waals surface area (Å²) in [4.78, 5) is 0. The number of methoxy groups -OCH3 is 1. The van der Waals surface area contributed by atoms with Gasteiger partial charge < -0.3 is 9.47 Å². The molecule has 0 saturated heterocycles. The normalized spacial score (nSPS) is 12.1. The van der Waals surface area contributed by atoms with Gasteiger partial charge in [-0.2, -0.15) is 0 Å². The molecule has 2 nitrogen and oxygen atoms in total. The van der Waals surface area contributed by atoms with Crippen molar-refractivity contribution in [3.8, 4) is 11.5 Å². The molecule has 0 N–H and O–H groups in total. The van der Waals surface area contributed by atoms with E-state index >= 15 is 0 Å². The predicted octanol–water partition coefficient (Wildman–Crippen LogP) is 4.86. The van der Waals surface area contributed by atoms with Crippen LogP contribution in [0.1, 0.15) is 12.5 Å². The van der Waals surface area contributed by atoms with Crippen LogP contribution in [0.2, 0.25) is 0 Å². The largest absolute Gasteiger partial charge is 0.497 e. The lowest BCUT2D eigenvalue weighted by Gasteiger charge is -2.16. The molecule has 1 unspecified atom stereocenters. The quantitative estimate of drug-likeness (QED) is 0.668. The van der Waals surface area contributed by atoms with Crippen LogP contribution in [-0.4, -0.2) is 13.2 Å². The van der Waals surface area contributed by atoms with Crippen molar-refractivity contribution >= 4 is 10.8 Å². The van der Waals surface area contributed by atoms with Gasteiger partial charge in [-0.05, 0) is 35.4 Å². The average molecular weight is 292 g/mol. The summed E-state index contributed by atoms with van der Waals surface area (Å²) in [6.07, 6.45) is 0.969. The van der Waals surface area contributed by atoms with Crippen LogP contribution in [0.4, 0.5) is 0 Å². The van der Waals surface area contributed by atoms with Gasteiger partial charge in [0.2, 0.25) is 0 Å². The first-order valence-electron chi connectivity index (χ1n) is 7.53. The van der Waals surface area contributed by atoms with E-state index in [9.17, 15) is 0 Å². The van der Waals surface area contributed by atoms with E-state index < -0.39 is 0 Å². The molecule has 3 rings (SSSR count). The lowest BCUT2D eigenvalue weighted by Crippen LogP contribution is -2.15. The van der Waals surface area contributed by atoms with Gasteiger partial charge in [-0.1, -0.05) is 48.5 Å². The smallest absolute Gasteiger partial charge is 0.123 e. The fraction of sp³-hybridized carbons (Fsp3) is 0.200. The van der Waals surface area contributed by atoms with Crippen molar-refractivity contribution in [2.24, 2.45) is 0 Å². The lowest BCUT2D eigenvalue weighted by atomic mass is 10.0. The Morgan fingerprint density at radius 1 is 0.864 bits per heavy atom. The van der Waals surface area contributed by atoms with Crippen LogP contribution < -0.4 is 9.47 Å². The molecule has 0 spiro atoms. The van der Waals surface area contributed by atoms with Gasteiger partial charge in [-0.15, -0.1) is 0 Å². The van der Waals surface area contributed by atoms with Gasteiger partial charge in [0.1, 0.15) is 11.5 Å². The third-order valence-corrected chi connectivity index (χ3v) is 3.77. The van der Waals surface area contributed by atoms with Gasteiger partial charge in [-0.3, -0.25) is 0 Å². The summed E-state index contributed by atoms with van der Waals surface area (Å²) in [5.74, 6) is 1.65. The fourth-order valence-corrected chi connectivity index (χ4v) is 2.73.